The van der Waals surface area contributed by atoms with Gasteiger partial charge in [-0.05, 0) is 50.6 Å². The van der Waals surface area contributed by atoms with Crippen LogP contribution in [0.25, 0.3) is 56.2 Å². The minimum atomic E-state index is -0.408. The van der Waals surface area contributed by atoms with Crippen molar-refractivity contribution in [1.82, 2.24) is 15.2 Å². The van der Waals surface area contributed by atoms with Crippen molar-refractivity contribution in [3.63, 3.8) is 0 Å². The van der Waals surface area contributed by atoms with Gasteiger partial charge in [0.2, 0.25) is 0 Å². The Balaban J connectivity index is 1.30. The summed E-state index contributed by atoms with van der Waals surface area (Å²) in [6.07, 6.45) is 0. The molecule has 0 unspecified atom stereocenters. The highest BCUT2D eigenvalue weighted by Gasteiger charge is 2.51. The van der Waals surface area contributed by atoms with Gasteiger partial charge in [-0.1, -0.05) is 146 Å². The van der Waals surface area contributed by atoms with Gasteiger partial charge in [-0.3, -0.25) is 0 Å². The van der Waals surface area contributed by atoms with E-state index in [9.17, 15) is 0 Å². The Morgan fingerprint density at radius 1 is 0.349 bits per heavy atom. The van der Waals surface area contributed by atoms with Crippen LogP contribution >= 0.6 is 0 Å². The molecule has 7 aromatic rings. The van der Waals surface area contributed by atoms with Crippen LogP contribution in [0.4, 0.5) is 0 Å². The Labute approximate surface area is 250 Å². The first kappa shape index (κ1) is 24.0. The Hall–Kier alpha value is -5.67. The van der Waals surface area contributed by atoms with Crippen molar-refractivity contribution in [1.29, 1.82) is 0 Å². The average Bonchev–Trinajstić information content (AvgIpc) is 3.56. The normalized spacial score (nSPS) is 13.3. The third-order valence-corrected chi connectivity index (χ3v) is 9.04. The maximum atomic E-state index is 5.19. The van der Waals surface area contributed by atoms with E-state index >= 15 is 0 Å². The lowest BCUT2D eigenvalue weighted by Gasteiger charge is -2.30. The first-order valence-corrected chi connectivity index (χ1v) is 14.6. The number of hydrogen-bond acceptors (Lipinski definition) is 3. The summed E-state index contributed by atoms with van der Waals surface area (Å²) in [6, 6.07) is 53.7. The minimum absolute atomic E-state index is 0.408. The molecule has 0 aliphatic heterocycles. The van der Waals surface area contributed by atoms with Gasteiger partial charge in [0.05, 0.1) is 5.41 Å². The maximum absolute atomic E-state index is 5.19. The molecule has 1 spiro atoms. The van der Waals surface area contributed by atoms with Crippen molar-refractivity contribution >= 4 is 0 Å². The van der Waals surface area contributed by atoms with Crippen molar-refractivity contribution in [3.05, 3.63) is 174 Å². The first-order chi connectivity index (χ1) is 21.3. The Bertz CT molecular complexity index is 2120. The minimum Gasteiger partial charge on any atom is -0.224 e. The van der Waals surface area contributed by atoms with E-state index in [0.717, 1.165) is 28.1 Å². The quantitative estimate of drug-likeness (QED) is 0.221. The van der Waals surface area contributed by atoms with E-state index in [-0.39, 0.29) is 0 Å². The fourth-order valence-electron chi connectivity index (χ4n) is 7.27. The van der Waals surface area contributed by atoms with E-state index in [1.165, 1.54) is 44.5 Å². The van der Waals surface area contributed by atoms with Gasteiger partial charge in [0.15, 0.2) is 5.82 Å². The average molecular weight is 548 g/mol. The molecule has 9 rings (SSSR count). The molecule has 6 aromatic carbocycles. The number of benzene rings is 6. The summed E-state index contributed by atoms with van der Waals surface area (Å²) < 4.78 is 0. The van der Waals surface area contributed by atoms with Gasteiger partial charge < -0.3 is 0 Å². The lowest BCUT2D eigenvalue weighted by atomic mass is 9.70. The lowest BCUT2D eigenvalue weighted by molar-refractivity contribution is 0.793. The van der Waals surface area contributed by atoms with Crippen LogP contribution in [0.3, 0.4) is 0 Å². The van der Waals surface area contributed by atoms with Gasteiger partial charge in [0.1, 0.15) is 11.4 Å². The molecule has 0 saturated carbocycles. The van der Waals surface area contributed by atoms with Gasteiger partial charge in [0, 0.05) is 16.7 Å². The molecule has 3 heteroatoms. The molecule has 1 heterocycles. The summed E-state index contributed by atoms with van der Waals surface area (Å²) in [4.78, 5) is 5.19. The highest BCUT2D eigenvalue weighted by Crippen LogP contribution is 2.62. The molecule has 2 aliphatic carbocycles. The Kier molecular flexibility index (Phi) is 5.11. The van der Waals surface area contributed by atoms with Gasteiger partial charge in [0.25, 0.3) is 0 Å². The molecule has 2 aliphatic rings. The number of aromatic nitrogens is 3. The molecule has 43 heavy (non-hydrogen) atoms. The second kappa shape index (κ2) is 9.17. The highest BCUT2D eigenvalue weighted by atomic mass is 15.2. The predicted octanol–water partition coefficient (Wildman–Crippen LogP) is 9.22. The first-order valence-electron chi connectivity index (χ1n) is 14.6. The summed E-state index contributed by atoms with van der Waals surface area (Å²) >= 11 is 0. The van der Waals surface area contributed by atoms with Crippen molar-refractivity contribution in [3.8, 4) is 56.2 Å². The van der Waals surface area contributed by atoms with Crippen LogP contribution in [0.15, 0.2) is 152 Å². The third-order valence-electron chi connectivity index (χ3n) is 9.04. The fourth-order valence-corrected chi connectivity index (χ4v) is 7.27. The number of hydrogen-bond donors (Lipinski definition) is 0. The number of rotatable bonds is 3. The molecule has 3 nitrogen and oxygen atoms in total. The topological polar surface area (TPSA) is 38.7 Å². The molecule has 0 fully saturated rings. The van der Waals surface area contributed by atoms with E-state index in [1.54, 1.807) is 0 Å². The Morgan fingerprint density at radius 2 is 0.814 bits per heavy atom. The number of nitrogens with zero attached hydrogens (tertiary/aromatic N) is 3. The summed E-state index contributed by atoms with van der Waals surface area (Å²) in [5.74, 6) is 0.618. The summed E-state index contributed by atoms with van der Waals surface area (Å²) in [7, 11) is 0. The predicted molar refractivity (Wildman–Crippen MR) is 172 cm³/mol. The summed E-state index contributed by atoms with van der Waals surface area (Å²) in [6.45, 7) is 0. The van der Waals surface area contributed by atoms with Crippen LogP contribution in [0.2, 0.25) is 0 Å². The molecule has 0 bridgehead atoms. The van der Waals surface area contributed by atoms with Crippen LogP contribution in [0, 0.1) is 0 Å². The Morgan fingerprint density at radius 3 is 1.37 bits per heavy atom. The van der Waals surface area contributed by atoms with Gasteiger partial charge >= 0.3 is 0 Å². The van der Waals surface area contributed by atoms with Crippen LogP contribution in [0.1, 0.15) is 22.3 Å². The lowest BCUT2D eigenvalue weighted by Crippen LogP contribution is -2.25. The van der Waals surface area contributed by atoms with Crippen LogP contribution in [-0.4, -0.2) is 15.2 Å². The van der Waals surface area contributed by atoms with Gasteiger partial charge in [-0.15, -0.1) is 10.2 Å². The summed E-state index contributed by atoms with van der Waals surface area (Å²) in [5.41, 5.74) is 14.5. The van der Waals surface area contributed by atoms with Crippen molar-refractivity contribution < 1.29 is 0 Å². The maximum Gasteiger partial charge on any atom is 0.182 e. The SMILES string of the molecule is c1ccc(-c2nnc(-c3ccc4c(c3)C3(c5ccccc5-c5ccccc53)c3ccccc3-4)nc2-c2ccccc2)cc1. The number of fused-ring (bicyclic) bond motifs is 10. The third kappa shape index (κ3) is 3.33. The van der Waals surface area contributed by atoms with Gasteiger partial charge in [-0.25, -0.2) is 4.98 Å². The standard InChI is InChI=1S/C40H25N3/c1-3-13-26(14-4-1)37-38(27-15-5-2-6-16-27)42-43-39(41-37)28-23-24-32-31-19-9-12-22-35(31)40(36(32)25-28)33-20-10-7-17-29(33)30-18-8-11-21-34(30)40/h1-25H. The van der Waals surface area contributed by atoms with Crippen molar-refractivity contribution in [2.45, 2.75) is 5.41 Å². The molecule has 0 saturated heterocycles. The van der Waals surface area contributed by atoms with E-state index in [1.807, 2.05) is 36.4 Å². The van der Waals surface area contributed by atoms with Gasteiger partial charge in [-0.2, -0.15) is 0 Å². The highest BCUT2D eigenvalue weighted by molar-refractivity contribution is 5.95. The molecule has 0 N–H and O–H groups in total. The van der Waals surface area contributed by atoms with Crippen LogP contribution in [0.5, 0.6) is 0 Å². The van der Waals surface area contributed by atoms with Crippen LogP contribution < -0.4 is 0 Å². The molecule has 1 aromatic heterocycles. The second-order valence-electron chi connectivity index (χ2n) is 11.2. The van der Waals surface area contributed by atoms with E-state index in [2.05, 4.69) is 115 Å². The smallest absolute Gasteiger partial charge is 0.182 e. The van der Waals surface area contributed by atoms with E-state index < -0.39 is 5.41 Å². The molecule has 200 valence electrons. The van der Waals surface area contributed by atoms with E-state index in [0.29, 0.717) is 5.82 Å². The van der Waals surface area contributed by atoms with Crippen LogP contribution in [-0.2, 0) is 5.41 Å². The second-order valence-corrected chi connectivity index (χ2v) is 11.2. The largest absolute Gasteiger partial charge is 0.224 e. The zero-order chi connectivity index (χ0) is 28.4. The summed E-state index contributed by atoms with van der Waals surface area (Å²) in [5, 5.41) is 9.51. The zero-order valence-corrected chi connectivity index (χ0v) is 23.3. The molecular weight excluding hydrogens is 522 g/mol. The molecular formula is C40H25N3. The monoisotopic (exact) mass is 547 g/mol. The molecule has 0 radical (unpaired) electrons. The molecule has 0 amide bonds. The zero-order valence-electron chi connectivity index (χ0n) is 23.3. The fraction of sp³-hybridized carbons (Fsp3) is 0.0250. The van der Waals surface area contributed by atoms with Crippen molar-refractivity contribution in [2.24, 2.45) is 0 Å². The van der Waals surface area contributed by atoms with E-state index in [4.69, 9.17) is 15.2 Å². The molecule has 0 atom stereocenters. The van der Waals surface area contributed by atoms with Crippen molar-refractivity contribution in [2.75, 3.05) is 0 Å².